The van der Waals surface area contributed by atoms with Crippen LogP contribution >= 0.6 is 0 Å². The summed E-state index contributed by atoms with van der Waals surface area (Å²) < 4.78 is 5.13. The Morgan fingerprint density at radius 2 is 1.79 bits per heavy atom. The normalized spacial score (nSPS) is 12.8. The van der Waals surface area contributed by atoms with Crippen LogP contribution < -0.4 is 5.32 Å². The maximum Gasteiger partial charge on any atom is 0.0947 e. The van der Waals surface area contributed by atoms with E-state index >= 15 is 0 Å². The highest BCUT2D eigenvalue weighted by Crippen LogP contribution is 2.27. The maximum absolute atomic E-state index is 5.13. The lowest BCUT2D eigenvalue weighted by molar-refractivity contribution is 0.339. The van der Waals surface area contributed by atoms with Crippen molar-refractivity contribution in [2.45, 2.75) is 39.3 Å². The van der Waals surface area contributed by atoms with Crippen LogP contribution in [0.1, 0.15) is 43.9 Å². The van der Waals surface area contributed by atoms with E-state index in [1.807, 2.05) is 12.3 Å². The highest BCUT2D eigenvalue weighted by Gasteiger charge is 2.19. The summed E-state index contributed by atoms with van der Waals surface area (Å²) in [6.07, 6.45) is 5.91. The number of nitrogens with one attached hydrogen (secondary N) is 1. The number of hydrogen-bond donors (Lipinski definition) is 1. The van der Waals surface area contributed by atoms with Gasteiger partial charge in [0, 0.05) is 18.2 Å². The molecule has 2 heteroatoms. The molecule has 0 radical (unpaired) electrons. The fourth-order valence-corrected chi connectivity index (χ4v) is 2.60. The van der Waals surface area contributed by atoms with E-state index in [-0.39, 0.29) is 0 Å². The van der Waals surface area contributed by atoms with Gasteiger partial charge in [0.2, 0.25) is 0 Å². The fraction of sp³-hybridized carbons (Fsp3) is 0.412. The van der Waals surface area contributed by atoms with Gasteiger partial charge in [-0.05, 0) is 17.5 Å². The van der Waals surface area contributed by atoms with Gasteiger partial charge < -0.3 is 9.73 Å². The van der Waals surface area contributed by atoms with Gasteiger partial charge in [0.15, 0.2) is 0 Å². The van der Waals surface area contributed by atoms with Crippen molar-refractivity contribution in [2.24, 2.45) is 5.92 Å². The number of furan rings is 1. The summed E-state index contributed by atoms with van der Waals surface area (Å²) in [7, 11) is 0. The Labute approximate surface area is 115 Å². The molecule has 2 nitrogen and oxygen atoms in total. The smallest absolute Gasteiger partial charge is 0.0947 e. The van der Waals surface area contributed by atoms with E-state index < -0.39 is 0 Å². The van der Waals surface area contributed by atoms with E-state index in [0.717, 1.165) is 6.54 Å². The molecule has 0 saturated heterocycles. The fourth-order valence-electron chi connectivity index (χ4n) is 2.60. The summed E-state index contributed by atoms with van der Waals surface area (Å²) in [6.45, 7) is 5.39. The Hall–Kier alpha value is -1.54. The Morgan fingerprint density at radius 1 is 1.05 bits per heavy atom. The third-order valence-electron chi connectivity index (χ3n) is 3.79. The van der Waals surface area contributed by atoms with Crippen LogP contribution in [0.3, 0.4) is 0 Å². The third-order valence-corrected chi connectivity index (χ3v) is 3.79. The zero-order valence-electron chi connectivity index (χ0n) is 11.8. The van der Waals surface area contributed by atoms with Crippen molar-refractivity contribution in [3.63, 3.8) is 0 Å². The molecule has 19 heavy (non-hydrogen) atoms. The number of hydrogen-bond acceptors (Lipinski definition) is 2. The van der Waals surface area contributed by atoms with Gasteiger partial charge in [-0.1, -0.05) is 57.0 Å². The summed E-state index contributed by atoms with van der Waals surface area (Å²) in [5.74, 6) is 0.661. The molecule has 0 amide bonds. The van der Waals surface area contributed by atoms with Gasteiger partial charge in [0.05, 0.1) is 12.5 Å². The zero-order valence-corrected chi connectivity index (χ0v) is 11.8. The Kier molecular flexibility index (Phi) is 5.22. The quantitative estimate of drug-likeness (QED) is 0.787. The van der Waals surface area contributed by atoms with Crippen molar-refractivity contribution < 1.29 is 4.42 Å². The molecule has 0 spiro atoms. The van der Waals surface area contributed by atoms with E-state index in [1.165, 1.54) is 24.0 Å². The molecular weight excluding hydrogens is 234 g/mol. The molecule has 0 aliphatic heterocycles. The molecule has 1 aromatic heterocycles. The van der Waals surface area contributed by atoms with Crippen LogP contribution in [0, 0.1) is 5.92 Å². The Bertz CT molecular complexity index is 445. The molecule has 1 N–H and O–H groups in total. The molecule has 1 aromatic carbocycles. The standard InChI is InChI=1S/C17H23NO/c1-3-15(4-2)17(16-8-6-5-7-9-16)18-12-14-10-11-19-13-14/h5-11,13,15,17-18H,3-4,12H2,1-2H3. The van der Waals surface area contributed by atoms with E-state index in [1.54, 1.807) is 6.26 Å². The molecule has 102 valence electrons. The molecule has 2 rings (SSSR count). The average molecular weight is 257 g/mol. The predicted molar refractivity (Wildman–Crippen MR) is 78.8 cm³/mol. The van der Waals surface area contributed by atoms with Crippen molar-refractivity contribution in [3.8, 4) is 0 Å². The van der Waals surface area contributed by atoms with Crippen LogP contribution in [0.25, 0.3) is 0 Å². The van der Waals surface area contributed by atoms with Crippen LogP contribution in [0.5, 0.6) is 0 Å². The molecule has 0 fully saturated rings. The predicted octanol–water partition coefficient (Wildman–Crippen LogP) is 4.55. The minimum atomic E-state index is 0.408. The van der Waals surface area contributed by atoms with Crippen LogP contribution in [0.15, 0.2) is 53.3 Å². The Morgan fingerprint density at radius 3 is 2.37 bits per heavy atom. The molecule has 0 saturated carbocycles. The average Bonchev–Trinajstić information content (AvgIpc) is 2.97. The topological polar surface area (TPSA) is 25.2 Å². The molecule has 0 bridgehead atoms. The van der Waals surface area contributed by atoms with Gasteiger partial charge in [-0.15, -0.1) is 0 Å². The minimum absolute atomic E-state index is 0.408. The van der Waals surface area contributed by atoms with Crippen LogP contribution in [0.2, 0.25) is 0 Å². The van der Waals surface area contributed by atoms with Gasteiger partial charge >= 0.3 is 0 Å². The second-order valence-corrected chi connectivity index (χ2v) is 4.98. The summed E-state index contributed by atoms with van der Waals surface area (Å²) in [5.41, 5.74) is 2.58. The van der Waals surface area contributed by atoms with Crippen LogP contribution in [-0.4, -0.2) is 0 Å². The third kappa shape index (κ3) is 3.71. The van der Waals surface area contributed by atoms with E-state index in [4.69, 9.17) is 4.42 Å². The zero-order chi connectivity index (χ0) is 13.5. The summed E-state index contributed by atoms with van der Waals surface area (Å²) >= 11 is 0. The van der Waals surface area contributed by atoms with Crippen molar-refractivity contribution in [1.82, 2.24) is 5.32 Å². The van der Waals surface area contributed by atoms with Gasteiger partial charge in [-0.3, -0.25) is 0 Å². The largest absolute Gasteiger partial charge is 0.472 e. The number of rotatable bonds is 7. The van der Waals surface area contributed by atoms with Gasteiger partial charge in [-0.25, -0.2) is 0 Å². The lowest BCUT2D eigenvalue weighted by atomic mass is 9.88. The van der Waals surface area contributed by atoms with Crippen molar-refractivity contribution >= 4 is 0 Å². The first-order valence-electron chi connectivity index (χ1n) is 7.14. The summed E-state index contributed by atoms with van der Waals surface area (Å²) in [5, 5.41) is 3.68. The highest BCUT2D eigenvalue weighted by atomic mass is 16.3. The monoisotopic (exact) mass is 257 g/mol. The second-order valence-electron chi connectivity index (χ2n) is 4.98. The maximum atomic E-state index is 5.13. The van der Waals surface area contributed by atoms with E-state index in [2.05, 4.69) is 49.5 Å². The first kappa shape index (κ1) is 13.9. The first-order chi connectivity index (χ1) is 9.35. The van der Waals surface area contributed by atoms with Crippen molar-refractivity contribution in [2.75, 3.05) is 0 Å². The highest BCUT2D eigenvalue weighted by molar-refractivity contribution is 5.20. The molecule has 1 atom stereocenters. The Balaban J connectivity index is 2.10. The molecule has 1 heterocycles. The molecule has 2 aromatic rings. The first-order valence-corrected chi connectivity index (χ1v) is 7.14. The van der Waals surface area contributed by atoms with E-state index in [0.29, 0.717) is 12.0 Å². The van der Waals surface area contributed by atoms with E-state index in [9.17, 15) is 0 Å². The van der Waals surface area contributed by atoms with Gasteiger partial charge in [-0.2, -0.15) is 0 Å². The molecule has 0 aliphatic rings. The number of benzene rings is 1. The molecule has 0 aliphatic carbocycles. The lowest BCUT2D eigenvalue weighted by Gasteiger charge is -2.27. The molecule has 1 unspecified atom stereocenters. The van der Waals surface area contributed by atoms with Crippen molar-refractivity contribution in [1.29, 1.82) is 0 Å². The van der Waals surface area contributed by atoms with Gasteiger partial charge in [0.25, 0.3) is 0 Å². The molecular formula is C17H23NO. The second kappa shape index (κ2) is 7.15. The SMILES string of the molecule is CCC(CC)C(NCc1ccoc1)c1ccccc1. The lowest BCUT2D eigenvalue weighted by Crippen LogP contribution is -2.27. The van der Waals surface area contributed by atoms with Crippen molar-refractivity contribution in [3.05, 3.63) is 60.1 Å². The van der Waals surface area contributed by atoms with Crippen LogP contribution in [0.4, 0.5) is 0 Å². The minimum Gasteiger partial charge on any atom is -0.472 e. The summed E-state index contributed by atoms with van der Waals surface area (Å²) in [4.78, 5) is 0. The van der Waals surface area contributed by atoms with Crippen LogP contribution in [-0.2, 0) is 6.54 Å². The summed E-state index contributed by atoms with van der Waals surface area (Å²) in [6, 6.07) is 13.2. The van der Waals surface area contributed by atoms with Gasteiger partial charge in [0.1, 0.15) is 0 Å².